The molecule has 2 aliphatic rings. The molecule has 0 bridgehead atoms. The maximum absolute atomic E-state index is 13.0. The number of aromatic nitrogens is 2. The van der Waals surface area contributed by atoms with E-state index in [0.29, 0.717) is 61.4 Å². The Hall–Kier alpha value is -3.95. The van der Waals surface area contributed by atoms with Crippen LogP contribution in [0.25, 0.3) is 17.2 Å². The zero-order chi connectivity index (χ0) is 25.8. The van der Waals surface area contributed by atoms with Gasteiger partial charge >= 0.3 is 0 Å². The number of pyridine rings is 2. The third-order valence-electron chi connectivity index (χ3n) is 6.26. The van der Waals surface area contributed by atoms with Crippen LogP contribution in [0.15, 0.2) is 55.0 Å². The molecule has 0 saturated carbocycles. The number of carbonyl (C=O) groups is 2. The SMILES string of the molecule is Nc1ccc(/C=C/C(=O)NCC2Cc3c(-c4cncc(C(=O)N5CCOCC5)c4)ccc(Cl)c3O2)cn1. The van der Waals surface area contributed by atoms with Gasteiger partial charge in [0, 0.05) is 55.3 Å². The zero-order valence-corrected chi connectivity index (χ0v) is 20.8. The number of benzene rings is 1. The monoisotopic (exact) mass is 519 g/mol. The molecule has 0 spiro atoms. The molecule has 1 fully saturated rings. The summed E-state index contributed by atoms with van der Waals surface area (Å²) in [4.78, 5) is 35.4. The number of nitrogens with one attached hydrogen (secondary N) is 1. The number of nitrogens with two attached hydrogens (primary N) is 1. The minimum Gasteiger partial charge on any atom is -0.486 e. The number of nitrogen functional groups attached to an aromatic ring is 1. The Kier molecular flexibility index (Phi) is 7.34. The second kappa shape index (κ2) is 11.0. The van der Waals surface area contributed by atoms with E-state index in [1.807, 2.05) is 12.1 Å². The lowest BCUT2D eigenvalue weighted by molar-refractivity contribution is -0.116. The van der Waals surface area contributed by atoms with Crippen molar-refractivity contribution >= 4 is 35.3 Å². The lowest BCUT2D eigenvalue weighted by Gasteiger charge is -2.26. The molecular formula is C27H26ClN5O4. The minimum atomic E-state index is -0.282. The van der Waals surface area contributed by atoms with Crippen LogP contribution in [0.2, 0.25) is 5.02 Å². The molecule has 3 aromatic rings. The fraction of sp³-hybridized carbons (Fsp3) is 0.259. The van der Waals surface area contributed by atoms with E-state index in [1.165, 1.54) is 6.08 Å². The largest absolute Gasteiger partial charge is 0.486 e. The van der Waals surface area contributed by atoms with Crippen LogP contribution in [0.5, 0.6) is 5.75 Å². The van der Waals surface area contributed by atoms with E-state index >= 15 is 0 Å². The van der Waals surface area contributed by atoms with Gasteiger partial charge < -0.3 is 25.4 Å². The van der Waals surface area contributed by atoms with E-state index < -0.39 is 0 Å². The van der Waals surface area contributed by atoms with Gasteiger partial charge in [-0.1, -0.05) is 17.7 Å². The van der Waals surface area contributed by atoms with Crippen molar-refractivity contribution in [2.24, 2.45) is 0 Å². The third-order valence-corrected chi connectivity index (χ3v) is 6.56. The molecule has 1 unspecified atom stereocenters. The standard InChI is InChI=1S/C27H26ClN5O4/c28-23-4-3-21(18-11-19(15-30-14-18)27(35)33-7-9-36-10-8-33)22-12-20(37-26(22)23)16-32-25(34)6-2-17-1-5-24(29)31-13-17/h1-6,11,13-15,20H,7-10,12,16H2,(H2,29,31)(H,32,34)/b6-2+. The van der Waals surface area contributed by atoms with Crippen LogP contribution in [0.1, 0.15) is 21.5 Å². The number of morpholine rings is 1. The molecule has 0 radical (unpaired) electrons. The van der Waals surface area contributed by atoms with Crippen LogP contribution in [-0.4, -0.2) is 65.6 Å². The Morgan fingerprint density at radius 1 is 1.16 bits per heavy atom. The van der Waals surface area contributed by atoms with Gasteiger partial charge in [-0.3, -0.25) is 14.6 Å². The number of rotatable bonds is 6. The fourth-order valence-electron chi connectivity index (χ4n) is 4.36. The number of amides is 2. The van der Waals surface area contributed by atoms with E-state index in [9.17, 15) is 9.59 Å². The third kappa shape index (κ3) is 5.73. The zero-order valence-electron chi connectivity index (χ0n) is 20.0. The first-order valence-corrected chi connectivity index (χ1v) is 12.3. The van der Waals surface area contributed by atoms with Gasteiger partial charge in [0.2, 0.25) is 5.91 Å². The molecule has 0 aliphatic carbocycles. The average molecular weight is 520 g/mol. The summed E-state index contributed by atoms with van der Waals surface area (Å²) in [5.41, 5.74) is 9.50. The number of anilines is 1. The molecule has 1 atom stereocenters. The van der Waals surface area contributed by atoms with Gasteiger partial charge in [-0.25, -0.2) is 4.98 Å². The summed E-state index contributed by atoms with van der Waals surface area (Å²) in [5.74, 6) is 0.694. The number of halogens is 1. The molecule has 2 amide bonds. The van der Waals surface area contributed by atoms with Crippen molar-refractivity contribution in [1.29, 1.82) is 0 Å². The summed E-state index contributed by atoms with van der Waals surface area (Å²) in [6.45, 7) is 2.50. The second-order valence-electron chi connectivity index (χ2n) is 8.81. The minimum absolute atomic E-state index is 0.0668. The highest BCUT2D eigenvalue weighted by Gasteiger charge is 2.29. The lowest BCUT2D eigenvalue weighted by Crippen LogP contribution is -2.40. The van der Waals surface area contributed by atoms with E-state index in [1.54, 1.807) is 47.8 Å². The quantitative estimate of drug-likeness (QED) is 0.480. The number of ether oxygens (including phenoxy) is 2. The van der Waals surface area contributed by atoms with Gasteiger partial charge in [-0.15, -0.1) is 0 Å². The number of fused-ring (bicyclic) bond motifs is 1. The van der Waals surface area contributed by atoms with Crippen molar-refractivity contribution in [3.8, 4) is 16.9 Å². The van der Waals surface area contributed by atoms with E-state index in [-0.39, 0.29) is 17.9 Å². The van der Waals surface area contributed by atoms with Crippen molar-refractivity contribution in [3.63, 3.8) is 0 Å². The molecule has 9 nitrogen and oxygen atoms in total. The topological polar surface area (TPSA) is 120 Å². The highest BCUT2D eigenvalue weighted by atomic mass is 35.5. The molecule has 10 heteroatoms. The fourth-order valence-corrected chi connectivity index (χ4v) is 4.59. The van der Waals surface area contributed by atoms with Crippen LogP contribution >= 0.6 is 11.6 Å². The molecule has 190 valence electrons. The highest BCUT2D eigenvalue weighted by molar-refractivity contribution is 6.32. The van der Waals surface area contributed by atoms with Crippen LogP contribution in [-0.2, 0) is 16.0 Å². The number of hydrogen-bond acceptors (Lipinski definition) is 7. The molecule has 2 aliphatic heterocycles. The smallest absolute Gasteiger partial charge is 0.255 e. The summed E-state index contributed by atoms with van der Waals surface area (Å²) >= 11 is 6.44. The van der Waals surface area contributed by atoms with E-state index in [2.05, 4.69) is 15.3 Å². The molecule has 37 heavy (non-hydrogen) atoms. The molecule has 3 N–H and O–H groups in total. The molecule has 1 aromatic carbocycles. The average Bonchev–Trinajstić information content (AvgIpc) is 3.37. The van der Waals surface area contributed by atoms with E-state index in [0.717, 1.165) is 22.3 Å². The maximum Gasteiger partial charge on any atom is 0.255 e. The van der Waals surface area contributed by atoms with Crippen molar-refractivity contribution in [2.45, 2.75) is 12.5 Å². The number of nitrogens with zero attached hydrogens (tertiary/aromatic N) is 3. The molecule has 1 saturated heterocycles. The van der Waals surface area contributed by atoms with Crippen molar-refractivity contribution in [3.05, 3.63) is 76.7 Å². The Balaban J connectivity index is 1.27. The first-order chi connectivity index (χ1) is 18.0. The Labute approximate surface area is 219 Å². The van der Waals surface area contributed by atoms with Crippen LogP contribution in [0, 0.1) is 0 Å². The molecular weight excluding hydrogens is 494 g/mol. The summed E-state index contributed by atoms with van der Waals surface area (Å²) in [5, 5.41) is 3.37. The highest BCUT2D eigenvalue weighted by Crippen LogP contribution is 2.42. The Morgan fingerprint density at radius 2 is 2.00 bits per heavy atom. The van der Waals surface area contributed by atoms with Crippen molar-refractivity contribution < 1.29 is 19.1 Å². The second-order valence-corrected chi connectivity index (χ2v) is 9.22. The predicted octanol–water partition coefficient (Wildman–Crippen LogP) is 2.98. The Bertz CT molecular complexity index is 1340. The first-order valence-electron chi connectivity index (χ1n) is 12.0. The number of carbonyl (C=O) groups excluding carboxylic acids is 2. The van der Waals surface area contributed by atoms with Gasteiger partial charge in [0.15, 0.2) is 0 Å². The summed E-state index contributed by atoms with van der Waals surface area (Å²) in [6, 6.07) is 8.99. The molecule has 4 heterocycles. The molecule has 5 rings (SSSR count). The number of hydrogen-bond donors (Lipinski definition) is 2. The molecule has 2 aromatic heterocycles. The predicted molar refractivity (Wildman–Crippen MR) is 140 cm³/mol. The van der Waals surface area contributed by atoms with Gasteiger partial charge in [-0.2, -0.15) is 0 Å². The summed E-state index contributed by atoms with van der Waals surface area (Å²) in [6.07, 6.45) is 8.29. The van der Waals surface area contributed by atoms with Crippen molar-refractivity contribution in [1.82, 2.24) is 20.2 Å². The van der Waals surface area contributed by atoms with Gasteiger partial charge in [0.05, 0.1) is 30.3 Å². The van der Waals surface area contributed by atoms with Gasteiger partial charge in [-0.05, 0) is 41.5 Å². The Morgan fingerprint density at radius 3 is 2.78 bits per heavy atom. The van der Waals surface area contributed by atoms with Crippen LogP contribution in [0.4, 0.5) is 5.82 Å². The first kappa shape index (κ1) is 24.7. The normalized spacial score (nSPS) is 16.9. The lowest BCUT2D eigenvalue weighted by atomic mass is 9.96. The van der Waals surface area contributed by atoms with Gasteiger partial charge in [0.25, 0.3) is 5.91 Å². The van der Waals surface area contributed by atoms with Gasteiger partial charge in [0.1, 0.15) is 17.7 Å². The van der Waals surface area contributed by atoms with E-state index in [4.69, 9.17) is 26.8 Å². The van der Waals surface area contributed by atoms with Crippen molar-refractivity contribution in [2.75, 3.05) is 38.6 Å². The van der Waals surface area contributed by atoms with Crippen LogP contribution in [0.3, 0.4) is 0 Å². The van der Waals surface area contributed by atoms with Crippen LogP contribution < -0.4 is 15.8 Å². The summed E-state index contributed by atoms with van der Waals surface area (Å²) in [7, 11) is 0. The summed E-state index contributed by atoms with van der Waals surface area (Å²) < 4.78 is 11.4. The maximum atomic E-state index is 13.0.